The van der Waals surface area contributed by atoms with E-state index in [1.54, 1.807) is 13.3 Å². The van der Waals surface area contributed by atoms with Crippen molar-refractivity contribution in [3.05, 3.63) is 54.1 Å². The number of hydrogen-bond donors (Lipinski definition) is 1. The maximum atomic E-state index is 5.29. The van der Waals surface area contributed by atoms with E-state index in [2.05, 4.69) is 25.7 Å². The molecule has 0 radical (unpaired) electrons. The van der Waals surface area contributed by atoms with Crippen LogP contribution in [0.25, 0.3) is 22.1 Å². The second kappa shape index (κ2) is 6.20. The van der Waals surface area contributed by atoms with Crippen molar-refractivity contribution in [3.63, 3.8) is 0 Å². The van der Waals surface area contributed by atoms with Crippen LogP contribution in [-0.2, 0) is 7.05 Å². The van der Waals surface area contributed by atoms with Crippen LogP contribution in [0.4, 0.5) is 5.95 Å². The Hall–Kier alpha value is -3.48. The van der Waals surface area contributed by atoms with E-state index in [1.165, 1.54) is 0 Å². The summed E-state index contributed by atoms with van der Waals surface area (Å²) < 4.78 is 7.28. The van der Waals surface area contributed by atoms with Crippen molar-refractivity contribution in [2.24, 2.45) is 12.1 Å². The minimum atomic E-state index is 0.338. The highest BCUT2D eigenvalue weighted by molar-refractivity contribution is 6.04. The molecular formula is C18H16N6O. The van der Waals surface area contributed by atoms with E-state index in [9.17, 15) is 0 Å². The molecule has 4 rings (SSSR count). The third kappa shape index (κ3) is 2.65. The van der Waals surface area contributed by atoms with E-state index in [0.717, 1.165) is 33.4 Å². The second-order valence-corrected chi connectivity index (χ2v) is 5.50. The van der Waals surface area contributed by atoms with E-state index in [-0.39, 0.29) is 0 Å². The molecule has 4 aromatic rings. The fourth-order valence-corrected chi connectivity index (χ4v) is 2.79. The van der Waals surface area contributed by atoms with Crippen molar-refractivity contribution in [1.82, 2.24) is 19.7 Å². The number of aromatic nitrogens is 4. The first-order chi connectivity index (χ1) is 12.3. The molecule has 0 fully saturated rings. The smallest absolute Gasteiger partial charge is 0.265 e. The summed E-state index contributed by atoms with van der Waals surface area (Å²) in [6.45, 7) is 0. The number of hydrazone groups is 1. The van der Waals surface area contributed by atoms with Gasteiger partial charge in [0, 0.05) is 18.0 Å². The van der Waals surface area contributed by atoms with Gasteiger partial charge in [0.1, 0.15) is 11.3 Å². The van der Waals surface area contributed by atoms with Crippen molar-refractivity contribution in [2.45, 2.75) is 0 Å². The lowest BCUT2D eigenvalue weighted by molar-refractivity contribution is 0.414. The molecular weight excluding hydrogens is 316 g/mol. The molecule has 0 atom stereocenters. The van der Waals surface area contributed by atoms with E-state index >= 15 is 0 Å². The molecule has 2 aromatic carbocycles. The normalized spacial score (nSPS) is 11.4. The highest BCUT2D eigenvalue weighted by Crippen LogP contribution is 2.24. The van der Waals surface area contributed by atoms with Crippen molar-refractivity contribution in [3.8, 4) is 5.75 Å². The Balaban J connectivity index is 1.65. The van der Waals surface area contributed by atoms with E-state index in [0.29, 0.717) is 5.95 Å². The average molecular weight is 332 g/mol. The molecule has 0 amide bonds. The minimum Gasteiger partial charge on any atom is -0.496 e. The third-order valence-electron chi connectivity index (χ3n) is 4.01. The molecule has 0 aliphatic rings. The Kier molecular flexibility index (Phi) is 3.74. The summed E-state index contributed by atoms with van der Waals surface area (Å²) in [7, 11) is 3.59. The van der Waals surface area contributed by atoms with Gasteiger partial charge in [0.25, 0.3) is 5.95 Å². The van der Waals surface area contributed by atoms with Gasteiger partial charge < -0.3 is 9.30 Å². The Labute approximate surface area is 144 Å². The molecule has 0 saturated carbocycles. The summed E-state index contributed by atoms with van der Waals surface area (Å²) in [5.41, 5.74) is 6.28. The molecule has 0 aliphatic heterocycles. The average Bonchev–Trinajstić information content (AvgIpc) is 2.95. The van der Waals surface area contributed by atoms with Gasteiger partial charge >= 0.3 is 0 Å². The number of benzene rings is 2. The summed E-state index contributed by atoms with van der Waals surface area (Å²) in [6.07, 6.45) is 1.66. The predicted molar refractivity (Wildman–Crippen MR) is 98.0 cm³/mol. The second-order valence-electron chi connectivity index (χ2n) is 5.50. The quantitative estimate of drug-likeness (QED) is 0.459. The van der Waals surface area contributed by atoms with Crippen molar-refractivity contribution in [1.29, 1.82) is 0 Å². The molecule has 0 bridgehead atoms. The Morgan fingerprint density at radius 1 is 1.08 bits per heavy atom. The molecule has 2 aromatic heterocycles. The number of anilines is 1. The molecule has 7 nitrogen and oxygen atoms in total. The lowest BCUT2D eigenvalue weighted by atomic mass is 10.2. The molecule has 124 valence electrons. The van der Waals surface area contributed by atoms with Crippen LogP contribution in [0.5, 0.6) is 5.75 Å². The number of ether oxygens (including phenoxy) is 1. The first-order valence-electron chi connectivity index (χ1n) is 7.78. The maximum Gasteiger partial charge on any atom is 0.265 e. The Morgan fingerprint density at radius 3 is 2.76 bits per heavy atom. The van der Waals surface area contributed by atoms with Crippen molar-refractivity contribution in [2.75, 3.05) is 12.5 Å². The van der Waals surface area contributed by atoms with Gasteiger partial charge in [-0.1, -0.05) is 30.3 Å². The van der Waals surface area contributed by atoms with Crippen LogP contribution >= 0.6 is 0 Å². The molecule has 0 spiro atoms. The van der Waals surface area contributed by atoms with Gasteiger partial charge in [-0.3, -0.25) is 0 Å². The zero-order chi connectivity index (χ0) is 17.2. The SMILES string of the molecule is COc1ccccc1/C=N/Nc1nnc2c3ccccc3n(C)c2n1. The van der Waals surface area contributed by atoms with Crippen LogP contribution in [-0.4, -0.2) is 33.1 Å². The number of nitrogens with zero attached hydrogens (tertiary/aromatic N) is 5. The zero-order valence-corrected chi connectivity index (χ0v) is 13.8. The first kappa shape index (κ1) is 15.1. The number of aryl methyl sites for hydroxylation is 1. The van der Waals surface area contributed by atoms with Gasteiger partial charge in [0.15, 0.2) is 5.65 Å². The van der Waals surface area contributed by atoms with Crippen LogP contribution in [0.3, 0.4) is 0 Å². The van der Waals surface area contributed by atoms with E-state index < -0.39 is 0 Å². The topological polar surface area (TPSA) is 77.2 Å². The number of para-hydroxylation sites is 2. The summed E-state index contributed by atoms with van der Waals surface area (Å²) in [4.78, 5) is 4.52. The van der Waals surface area contributed by atoms with Gasteiger partial charge in [0.2, 0.25) is 0 Å². The maximum absolute atomic E-state index is 5.29. The summed E-state index contributed by atoms with van der Waals surface area (Å²) in [6, 6.07) is 15.6. The van der Waals surface area contributed by atoms with Crippen LogP contribution in [0.2, 0.25) is 0 Å². The minimum absolute atomic E-state index is 0.338. The number of nitrogens with one attached hydrogen (secondary N) is 1. The largest absolute Gasteiger partial charge is 0.496 e. The molecule has 1 N–H and O–H groups in total. The van der Waals surface area contributed by atoms with E-state index in [1.807, 2.05) is 60.1 Å². The number of hydrogen-bond acceptors (Lipinski definition) is 6. The number of fused-ring (bicyclic) bond motifs is 3. The van der Waals surface area contributed by atoms with E-state index in [4.69, 9.17) is 4.74 Å². The van der Waals surface area contributed by atoms with Crippen LogP contribution in [0.1, 0.15) is 5.56 Å². The highest BCUT2D eigenvalue weighted by atomic mass is 16.5. The van der Waals surface area contributed by atoms with Crippen LogP contribution in [0.15, 0.2) is 53.6 Å². The summed E-state index contributed by atoms with van der Waals surface area (Å²) in [5.74, 6) is 1.08. The molecule has 7 heteroatoms. The third-order valence-corrected chi connectivity index (χ3v) is 4.01. The fourth-order valence-electron chi connectivity index (χ4n) is 2.79. The lowest BCUT2D eigenvalue weighted by Crippen LogP contribution is -2.01. The standard InChI is InChI=1S/C18H16N6O/c1-24-14-9-5-4-8-13(14)16-17(24)20-18(23-21-16)22-19-11-12-7-3-6-10-15(12)25-2/h3-11H,1-2H3,(H,20,22,23)/b19-11+. The van der Waals surface area contributed by atoms with Crippen molar-refractivity contribution >= 4 is 34.2 Å². The summed E-state index contributed by atoms with van der Waals surface area (Å²) in [5, 5.41) is 13.6. The van der Waals surface area contributed by atoms with Gasteiger partial charge in [-0.25, -0.2) is 5.43 Å². The van der Waals surface area contributed by atoms with Gasteiger partial charge in [0.05, 0.1) is 18.8 Å². The zero-order valence-electron chi connectivity index (χ0n) is 13.8. The molecule has 25 heavy (non-hydrogen) atoms. The highest BCUT2D eigenvalue weighted by Gasteiger charge is 2.11. The predicted octanol–water partition coefficient (Wildman–Crippen LogP) is 2.97. The molecule has 0 aliphatic carbocycles. The van der Waals surface area contributed by atoms with Gasteiger partial charge in [-0.05, 0) is 18.2 Å². The Bertz CT molecular complexity index is 1090. The monoisotopic (exact) mass is 332 g/mol. The Morgan fingerprint density at radius 2 is 1.88 bits per heavy atom. The fraction of sp³-hybridized carbons (Fsp3) is 0.111. The molecule has 2 heterocycles. The van der Waals surface area contributed by atoms with Crippen LogP contribution in [0, 0.1) is 0 Å². The van der Waals surface area contributed by atoms with Crippen LogP contribution < -0.4 is 10.2 Å². The first-order valence-corrected chi connectivity index (χ1v) is 7.78. The van der Waals surface area contributed by atoms with Gasteiger partial charge in [-0.15, -0.1) is 10.2 Å². The number of rotatable bonds is 4. The molecule has 0 unspecified atom stereocenters. The van der Waals surface area contributed by atoms with Gasteiger partial charge in [-0.2, -0.15) is 10.1 Å². The summed E-state index contributed by atoms with van der Waals surface area (Å²) >= 11 is 0. The molecule has 0 saturated heterocycles. The number of methoxy groups -OCH3 is 1. The lowest BCUT2D eigenvalue weighted by Gasteiger charge is -2.03. The van der Waals surface area contributed by atoms with Crippen molar-refractivity contribution < 1.29 is 4.74 Å².